The van der Waals surface area contributed by atoms with E-state index >= 15 is 0 Å². The van der Waals surface area contributed by atoms with E-state index in [9.17, 15) is 0 Å². The van der Waals surface area contributed by atoms with Crippen LogP contribution in [0.2, 0.25) is 0 Å². The number of rotatable bonds is 6. The Kier molecular flexibility index (Phi) is 5.56. The number of nitrogens with zero attached hydrogens (tertiary/aromatic N) is 2. The summed E-state index contributed by atoms with van der Waals surface area (Å²) in [5, 5.41) is 0. The third kappa shape index (κ3) is 4.05. The molecule has 0 atom stereocenters. The SMILES string of the molecule is CN(CCc1ccncc1)c1ccc(Br)cc1CCN. The molecule has 4 heteroatoms. The van der Waals surface area contributed by atoms with Gasteiger partial charge in [0.1, 0.15) is 0 Å². The van der Waals surface area contributed by atoms with Crippen molar-refractivity contribution >= 4 is 21.6 Å². The molecule has 0 unspecified atom stereocenters. The van der Waals surface area contributed by atoms with Gasteiger partial charge >= 0.3 is 0 Å². The molecule has 0 saturated carbocycles. The zero-order valence-electron chi connectivity index (χ0n) is 11.7. The normalized spacial score (nSPS) is 10.6. The van der Waals surface area contributed by atoms with Crippen molar-refractivity contribution in [2.45, 2.75) is 12.8 Å². The first-order chi connectivity index (χ1) is 9.70. The highest BCUT2D eigenvalue weighted by atomic mass is 79.9. The van der Waals surface area contributed by atoms with Gasteiger partial charge in [0.15, 0.2) is 0 Å². The predicted molar refractivity (Wildman–Crippen MR) is 88.1 cm³/mol. The van der Waals surface area contributed by atoms with Crippen molar-refractivity contribution in [1.82, 2.24) is 4.98 Å². The summed E-state index contributed by atoms with van der Waals surface area (Å²) in [6.07, 6.45) is 5.59. The lowest BCUT2D eigenvalue weighted by molar-refractivity contribution is 0.859. The maximum absolute atomic E-state index is 5.70. The van der Waals surface area contributed by atoms with Crippen molar-refractivity contribution in [2.24, 2.45) is 5.73 Å². The van der Waals surface area contributed by atoms with Crippen LogP contribution in [0.3, 0.4) is 0 Å². The molecule has 0 bridgehead atoms. The monoisotopic (exact) mass is 333 g/mol. The standard InChI is InChI=1S/C16H20BrN3/c1-20(11-7-13-5-9-19-10-6-13)16-3-2-15(17)12-14(16)4-8-18/h2-3,5-6,9-10,12H,4,7-8,11,18H2,1H3. The molecule has 20 heavy (non-hydrogen) atoms. The molecule has 1 heterocycles. The third-order valence-electron chi connectivity index (χ3n) is 3.35. The van der Waals surface area contributed by atoms with Gasteiger partial charge in [-0.25, -0.2) is 0 Å². The van der Waals surface area contributed by atoms with Crippen molar-refractivity contribution < 1.29 is 0 Å². The number of aromatic nitrogens is 1. The van der Waals surface area contributed by atoms with Gasteiger partial charge in [-0.05, 0) is 60.8 Å². The Morgan fingerprint density at radius 3 is 2.60 bits per heavy atom. The predicted octanol–water partition coefficient (Wildman–Crippen LogP) is 3.02. The summed E-state index contributed by atoms with van der Waals surface area (Å²) in [5.41, 5.74) is 9.56. The molecule has 0 aliphatic carbocycles. The molecule has 0 saturated heterocycles. The highest BCUT2D eigenvalue weighted by molar-refractivity contribution is 9.10. The van der Waals surface area contributed by atoms with E-state index in [-0.39, 0.29) is 0 Å². The van der Waals surface area contributed by atoms with Crippen LogP contribution in [-0.2, 0) is 12.8 Å². The van der Waals surface area contributed by atoms with E-state index in [4.69, 9.17) is 5.73 Å². The number of pyridine rings is 1. The molecule has 0 spiro atoms. The summed E-state index contributed by atoms with van der Waals surface area (Å²) < 4.78 is 1.10. The number of halogens is 1. The molecule has 106 valence electrons. The molecule has 3 nitrogen and oxygen atoms in total. The van der Waals surface area contributed by atoms with Gasteiger partial charge in [0.25, 0.3) is 0 Å². The minimum absolute atomic E-state index is 0.668. The number of nitrogens with two attached hydrogens (primary N) is 1. The second kappa shape index (κ2) is 7.41. The van der Waals surface area contributed by atoms with E-state index in [2.05, 4.69) is 63.2 Å². The van der Waals surface area contributed by atoms with Gasteiger partial charge in [-0.15, -0.1) is 0 Å². The Morgan fingerprint density at radius 1 is 1.15 bits per heavy atom. The molecule has 1 aromatic carbocycles. The largest absolute Gasteiger partial charge is 0.374 e. The van der Waals surface area contributed by atoms with Crippen molar-refractivity contribution in [3.8, 4) is 0 Å². The molecule has 2 rings (SSSR count). The smallest absolute Gasteiger partial charge is 0.0397 e. The zero-order valence-corrected chi connectivity index (χ0v) is 13.3. The highest BCUT2D eigenvalue weighted by Crippen LogP contribution is 2.24. The van der Waals surface area contributed by atoms with Gasteiger partial charge in [0.05, 0.1) is 0 Å². The second-order valence-electron chi connectivity index (χ2n) is 4.84. The second-order valence-corrected chi connectivity index (χ2v) is 5.75. The number of hydrogen-bond donors (Lipinski definition) is 1. The average Bonchev–Trinajstić information content (AvgIpc) is 2.46. The van der Waals surface area contributed by atoms with E-state index in [0.29, 0.717) is 6.54 Å². The fraction of sp³-hybridized carbons (Fsp3) is 0.312. The Balaban J connectivity index is 2.06. The van der Waals surface area contributed by atoms with Crippen LogP contribution in [0.25, 0.3) is 0 Å². The molecular weight excluding hydrogens is 314 g/mol. The van der Waals surface area contributed by atoms with Crippen LogP contribution < -0.4 is 10.6 Å². The van der Waals surface area contributed by atoms with E-state index in [1.165, 1.54) is 16.8 Å². The maximum atomic E-state index is 5.70. The lowest BCUT2D eigenvalue weighted by Crippen LogP contribution is -2.22. The van der Waals surface area contributed by atoms with Crippen LogP contribution in [0.15, 0.2) is 47.2 Å². The van der Waals surface area contributed by atoms with Gasteiger partial charge in [0, 0.05) is 36.1 Å². The van der Waals surface area contributed by atoms with E-state index in [1.54, 1.807) is 0 Å². The first-order valence-electron chi connectivity index (χ1n) is 6.79. The van der Waals surface area contributed by atoms with Crippen molar-refractivity contribution in [3.63, 3.8) is 0 Å². The zero-order chi connectivity index (χ0) is 14.4. The number of anilines is 1. The minimum Gasteiger partial charge on any atom is -0.374 e. The van der Waals surface area contributed by atoms with Gasteiger partial charge in [-0.1, -0.05) is 15.9 Å². The Hall–Kier alpha value is -1.39. The summed E-state index contributed by atoms with van der Waals surface area (Å²) in [7, 11) is 2.13. The van der Waals surface area contributed by atoms with Crippen molar-refractivity contribution in [3.05, 3.63) is 58.3 Å². The van der Waals surface area contributed by atoms with Crippen LogP contribution in [0.5, 0.6) is 0 Å². The Morgan fingerprint density at radius 2 is 1.90 bits per heavy atom. The molecule has 2 aromatic rings. The molecule has 0 fully saturated rings. The molecule has 1 aromatic heterocycles. The van der Waals surface area contributed by atoms with Gasteiger partial charge in [-0.3, -0.25) is 4.98 Å². The minimum atomic E-state index is 0.668. The Bertz CT molecular complexity index is 543. The summed E-state index contributed by atoms with van der Waals surface area (Å²) in [6.45, 7) is 1.64. The average molecular weight is 334 g/mol. The van der Waals surface area contributed by atoms with Gasteiger partial charge in [-0.2, -0.15) is 0 Å². The first-order valence-corrected chi connectivity index (χ1v) is 7.58. The van der Waals surface area contributed by atoms with Crippen molar-refractivity contribution in [1.29, 1.82) is 0 Å². The van der Waals surface area contributed by atoms with Gasteiger partial charge < -0.3 is 10.6 Å². The molecule has 0 aliphatic rings. The van der Waals surface area contributed by atoms with E-state index < -0.39 is 0 Å². The molecule has 0 amide bonds. The fourth-order valence-corrected chi connectivity index (χ4v) is 2.66. The molecular formula is C16H20BrN3. The highest BCUT2D eigenvalue weighted by Gasteiger charge is 2.08. The Labute approximate surface area is 129 Å². The quantitative estimate of drug-likeness (QED) is 0.883. The molecule has 0 radical (unpaired) electrons. The van der Waals surface area contributed by atoms with Crippen LogP contribution >= 0.6 is 15.9 Å². The summed E-state index contributed by atoms with van der Waals surface area (Å²) in [5.74, 6) is 0. The van der Waals surface area contributed by atoms with Crippen LogP contribution in [0, 0.1) is 0 Å². The lowest BCUT2D eigenvalue weighted by atomic mass is 10.1. The number of benzene rings is 1. The van der Waals surface area contributed by atoms with Crippen LogP contribution in [0.1, 0.15) is 11.1 Å². The van der Waals surface area contributed by atoms with Crippen molar-refractivity contribution in [2.75, 3.05) is 25.0 Å². The number of likely N-dealkylation sites (N-methyl/N-ethyl adjacent to an activating group) is 1. The lowest BCUT2D eigenvalue weighted by Gasteiger charge is -2.23. The van der Waals surface area contributed by atoms with Gasteiger partial charge in [0.2, 0.25) is 0 Å². The molecule has 2 N–H and O–H groups in total. The molecule has 0 aliphatic heterocycles. The van der Waals surface area contributed by atoms with E-state index in [0.717, 1.165) is 23.9 Å². The first kappa shape index (κ1) is 15.0. The fourth-order valence-electron chi connectivity index (χ4n) is 2.25. The maximum Gasteiger partial charge on any atom is 0.0397 e. The van der Waals surface area contributed by atoms with Crippen LogP contribution in [0.4, 0.5) is 5.69 Å². The number of hydrogen-bond acceptors (Lipinski definition) is 3. The topological polar surface area (TPSA) is 42.2 Å². The van der Waals surface area contributed by atoms with Crippen LogP contribution in [-0.4, -0.2) is 25.1 Å². The van der Waals surface area contributed by atoms with E-state index in [1.807, 2.05) is 12.4 Å². The summed E-state index contributed by atoms with van der Waals surface area (Å²) in [6, 6.07) is 10.5. The summed E-state index contributed by atoms with van der Waals surface area (Å²) in [4.78, 5) is 6.34. The summed E-state index contributed by atoms with van der Waals surface area (Å²) >= 11 is 3.52. The third-order valence-corrected chi connectivity index (χ3v) is 3.84.